The second-order valence-electron chi connectivity index (χ2n) is 6.88. The fourth-order valence-corrected chi connectivity index (χ4v) is 3.41. The molecule has 1 atom stereocenters. The first-order chi connectivity index (χ1) is 12.2. The molecule has 136 valence electrons. The summed E-state index contributed by atoms with van der Waals surface area (Å²) in [5, 5.41) is 4.39. The van der Waals surface area contributed by atoms with Crippen molar-refractivity contribution in [2.24, 2.45) is 5.92 Å². The lowest BCUT2D eigenvalue weighted by atomic mass is 10.1. The second-order valence-corrected chi connectivity index (χ2v) is 6.88. The summed E-state index contributed by atoms with van der Waals surface area (Å²) >= 11 is 0. The molecule has 0 N–H and O–H groups in total. The maximum Gasteiger partial charge on any atom is 0.119 e. The molecule has 1 saturated heterocycles. The van der Waals surface area contributed by atoms with Gasteiger partial charge in [-0.3, -0.25) is 4.90 Å². The normalized spacial score (nSPS) is 19.1. The number of aromatic nitrogens is 2. The molecule has 25 heavy (non-hydrogen) atoms. The molecule has 0 spiro atoms. The van der Waals surface area contributed by atoms with Crippen molar-refractivity contribution in [1.29, 1.82) is 0 Å². The quantitative estimate of drug-likeness (QED) is 0.801. The van der Waals surface area contributed by atoms with Crippen LogP contribution in [0.1, 0.15) is 5.56 Å². The van der Waals surface area contributed by atoms with Gasteiger partial charge in [-0.25, -0.2) is 4.68 Å². The molecule has 0 radical (unpaired) electrons. The van der Waals surface area contributed by atoms with E-state index in [0.29, 0.717) is 5.92 Å². The maximum atomic E-state index is 5.81. The summed E-state index contributed by atoms with van der Waals surface area (Å²) < 4.78 is 13.2. The van der Waals surface area contributed by atoms with E-state index in [1.807, 2.05) is 23.0 Å². The SMILES string of the molecule is COc1ccc(-n2cccn2)c(CN2CCOC[C@@H](CN(C)C)C2)c1. The predicted molar refractivity (Wildman–Crippen MR) is 98.3 cm³/mol. The zero-order valence-corrected chi connectivity index (χ0v) is 15.4. The van der Waals surface area contributed by atoms with E-state index in [0.717, 1.165) is 50.8 Å². The van der Waals surface area contributed by atoms with Crippen molar-refractivity contribution >= 4 is 0 Å². The van der Waals surface area contributed by atoms with E-state index < -0.39 is 0 Å². The van der Waals surface area contributed by atoms with Gasteiger partial charge in [0.05, 0.1) is 26.0 Å². The second kappa shape index (κ2) is 8.47. The summed E-state index contributed by atoms with van der Waals surface area (Å²) in [5.74, 6) is 1.40. The van der Waals surface area contributed by atoms with Gasteiger partial charge in [0.15, 0.2) is 0 Å². The van der Waals surface area contributed by atoms with Crippen molar-refractivity contribution in [3.05, 3.63) is 42.2 Å². The van der Waals surface area contributed by atoms with Crippen LogP contribution in [0.5, 0.6) is 5.75 Å². The first-order valence-electron chi connectivity index (χ1n) is 8.77. The number of hydrogen-bond donors (Lipinski definition) is 0. The van der Waals surface area contributed by atoms with Gasteiger partial charge < -0.3 is 14.4 Å². The lowest BCUT2D eigenvalue weighted by Crippen LogP contribution is -2.34. The molecule has 6 nitrogen and oxygen atoms in total. The van der Waals surface area contributed by atoms with Crippen LogP contribution in [-0.2, 0) is 11.3 Å². The maximum absolute atomic E-state index is 5.81. The molecular weight excluding hydrogens is 316 g/mol. The number of ether oxygens (including phenoxy) is 2. The third-order valence-electron chi connectivity index (χ3n) is 4.48. The first-order valence-corrected chi connectivity index (χ1v) is 8.77. The van der Waals surface area contributed by atoms with Crippen LogP contribution in [0.2, 0.25) is 0 Å². The van der Waals surface area contributed by atoms with Crippen LogP contribution >= 0.6 is 0 Å². The lowest BCUT2D eigenvalue weighted by molar-refractivity contribution is 0.112. The van der Waals surface area contributed by atoms with E-state index in [4.69, 9.17) is 9.47 Å². The standard InChI is InChI=1S/C19H28N4O2/c1-21(2)12-16-13-22(9-10-25-15-16)14-17-11-18(24-3)5-6-19(17)23-8-4-7-20-23/h4-8,11,16H,9-10,12-15H2,1-3H3/t16-/m0/s1. The van der Waals surface area contributed by atoms with Gasteiger partial charge >= 0.3 is 0 Å². The Balaban J connectivity index is 1.80. The molecule has 1 fully saturated rings. The van der Waals surface area contributed by atoms with Crippen LogP contribution in [0.4, 0.5) is 0 Å². The van der Waals surface area contributed by atoms with Gasteiger partial charge in [0.25, 0.3) is 0 Å². The number of methoxy groups -OCH3 is 1. The molecule has 0 unspecified atom stereocenters. The van der Waals surface area contributed by atoms with Crippen molar-refractivity contribution in [3.8, 4) is 11.4 Å². The van der Waals surface area contributed by atoms with Crippen molar-refractivity contribution in [1.82, 2.24) is 19.6 Å². The number of rotatable bonds is 6. The summed E-state index contributed by atoms with van der Waals surface area (Å²) in [7, 11) is 5.94. The Kier molecular flexibility index (Phi) is 6.07. The summed E-state index contributed by atoms with van der Waals surface area (Å²) in [6.45, 7) is 5.50. The Hall–Kier alpha value is -1.89. The smallest absolute Gasteiger partial charge is 0.119 e. The van der Waals surface area contributed by atoms with Crippen LogP contribution in [0.25, 0.3) is 5.69 Å². The van der Waals surface area contributed by atoms with E-state index in [1.54, 1.807) is 13.3 Å². The monoisotopic (exact) mass is 344 g/mol. The third kappa shape index (κ3) is 4.81. The Labute approximate surface area is 149 Å². The largest absolute Gasteiger partial charge is 0.497 e. The highest BCUT2D eigenvalue weighted by molar-refractivity contribution is 5.45. The van der Waals surface area contributed by atoms with Crippen molar-refractivity contribution in [3.63, 3.8) is 0 Å². The van der Waals surface area contributed by atoms with Crippen LogP contribution < -0.4 is 4.74 Å². The predicted octanol–water partition coefficient (Wildman–Crippen LogP) is 1.89. The minimum absolute atomic E-state index is 0.524. The molecule has 2 aromatic rings. The molecule has 1 aromatic carbocycles. The Bertz CT molecular complexity index is 657. The molecule has 1 aromatic heterocycles. The molecule has 3 rings (SSSR count). The minimum atomic E-state index is 0.524. The molecule has 1 aliphatic rings. The molecule has 0 amide bonds. The number of benzene rings is 1. The molecule has 2 heterocycles. The number of nitrogens with zero attached hydrogens (tertiary/aromatic N) is 4. The highest BCUT2D eigenvalue weighted by atomic mass is 16.5. The van der Waals surface area contributed by atoms with E-state index >= 15 is 0 Å². The van der Waals surface area contributed by atoms with Crippen molar-refractivity contribution in [2.45, 2.75) is 6.54 Å². The van der Waals surface area contributed by atoms with E-state index in [1.165, 1.54) is 5.56 Å². The van der Waals surface area contributed by atoms with E-state index in [-0.39, 0.29) is 0 Å². The molecule has 6 heteroatoms. The zero-order chi connectivity index (χ0) is 17.6. The van der Waals surface area contributed by atoms with Crippen LogP contribution in [-0.4, -0.2) is 73.6 Å². The minimum Gasteiger partial charge on any atom is -0.497 e. The topological polar surface area (TPSA) is 42.8 Å². The van der Waals surface area contributed by atoms with Crippen LogP contribution in [0, 0.1) is 5.92 Å². The van der Waals surface area contributed by atoms with Gasteiger partial charge in [-0.1, -0.05) is 0 Å². The van der Waals surface area contributed by atoms with E-state index in [2.05, 4.69) is 41.1 Å². The summed E-state index contributed by atoms with van der Waals surface area (Å²) in [6.07, 6.45) is 3.78. The zero-order valence-electron chi connectivity index (χ0n) is 15.4. The Morgan fingerprint density at radius 3 is 2.96 bits per heavy atom. The summed E-state index contributed by atoms with van der Waals surface area (Å²) in [6, 6.07) is 8.12. The molecule has 0 saturated carbocycles. The lowest BCUT2D eigenvalue weighted by Gasteiger charge is -2.26. The van der Waals surface area contributed by atoms with Crippen molar-refractivity contribution < 1.29 is 9.47 Å². The summed E-state index contributed by atoms with van der Waals surface area (Å²) in [4.78, 5) is 4.71. The molecular formula is C19H28N4O2. The molecule has 0 bridgehead atoms. The average molecular weight is 344 g/mol. The van der Waals surface area contributed by atoms with Gasteiger partial charge in [0, 0.05) is 44.5 Å². The Morgan fingerprint density at radius 1 is 1.36 bits per heavy atom. The van der Waals surface area contributed by atoms with E-state index in [9.17, 15) is 0 Å². The fraction of sp³-hybridized carbons (Fsp3) is 0.526. The number of hydrogen-bond acceptors (Lipinski definition) is 5. The summed E-state index contributed by atoms with van der Waals surface area (Å²) in [5.41, 5.74) is 2.31. The van der Waals surface area contributed by atoms with Gasteiger partial charge in [0.1, 0.15) is 5.75 Å². The van der Waals surface area contributed by atoms with Crippen molar-refractivity contribution in [2.75, 3.05) is 54.1 Å². The average Bonchev–Trinajstić information content (AvgIpc) is 3.03. The van der Waals surface area contributed by atoms with Crippen LogP contribution in [0.15, 0.2) is 36.7 Å². The van der Waals surface area contributed by atoms with Gasteiger partial charge in [-0.2, -0.15) is 5.10 Å². The van der Waals surface area contributed by atoms with Gasteiger partial charge in [-0.15, -0.1) is 0 Å². The first kappa shape index (κ1) is 17.9. The van der Waals surface area contributed by atoms with Gasteiger partial charge in [0.2, 0.25) is 0 Å². The molecule has 0 aliphatic carbocycles. The Morgan fingerprint density at radius 2 is 2.24 bits per heavy atom. The fourth-order valence-electron chi connectivity index (χ4n) is 3.41. The highest BCUT2D eigenvalue weighted by Crippen LogP contribution is 2.23. The highest BCUT2D eigenvalue weighted by Gasteiger charge is 2.20. The third-order valence-corrected chi connectivity index (χ3v) is 4.48. The van der Waals surface area contributed by atoms with Gasteiger partial charge in [-0.05, 0) is 43.9 Å². The molecule has 1 aliphatic heterocycles. The van der Waals surface area contributed by atoms with Crippen LogP contribution in [0.3, 0.4) is 0 Å².